The first-order valence-electron chi connectivity index (χ1n) is 7.70. The van der Waals surface area contributed by atoms with Crippen LogP contribution in [-0.4, -0.2) is 32.8 Å². The molecule has 2 rings (SSSR count). The van der Waals surface area contributed by atoms with Crippen molar-refractivity contribution >= 4 is 17.7 Å². The third kappa shape index (κ3) is 4.12. The standard InChI is InChI=1S/C18H19ClFN3O2/c1-18(2,3)23(17(24)25)8-7-22-11-13(10-21)15(16(22)19)12-5-4-6-14(20)9-12/h4-6,9,11H,7-8H2,1-3H3,(H,24,25). The Morgan fingerprint density at radius 3 is 2.64 bits per heavy atom. The van der Waals surface area contributed by atoms with Gasteiger partial charge in [-0.3, -0.25) is 0 Å². The van der Waals surface area contributed by atoms with Crippen LogP contribution in [0.4, 0.5) is 9.18 Å². The highest BCUT2D eigenvalue weighted by molar-refractivity contribution is 6.32. The van der Waals surface area contributed by atoms with Gasteiger partial charge in [0.1, 0.15) is 17.0 Å². The summed E-state index contributed by atoms with van der Waals surface area (Å²) in [7, 11) is 0. The summed E-state index contributed by atoms with van der Waals surface area (Å²) in [6.07, 6.45) is 0.535. The highest BCUT2D eigenvalue weighted by Gasteiger charge is 2.26. The molecule has 7 heteroatoms. The maximum absolute atomic E-state index is 13.5. The largest absolute Gasteiger partial charge is 0.465 e. The molecule has 0 aliphatic heterocycles. The van der Waals surface area contributed by atoms with Crippen LogP contribution in [0.3, 0.4) is 0 Å². The first-order valence-corrected chi connectivity index (χ1v) is 8.08. The third-order valence-corrected chi connectivity index (χ3v) is 4.26. The first kappa shape index (κ1) is 18.8. The fourth-order valence-electron chi connectivity index (χ4n) is 2.62. The lowest BCUT2D eigenvalue weighted by atomic mass is 10.1. The van der Waals surface area contributed by atoms with E-state index in [-0.39, 0.29) is 18.2 Å². The highest BCUT2D eigenvalue weighted by atomic mass is 35.5. The number of amides is 1. The van der Waals surface area contributed by atoms with Crippen molar-refractivity contribution in [3.05, 3.63) is 47.0 Å². The van der Waals surface area contributed by atoms with E-state index in [1.807, 2.05) is 0 Å². The lowest BCUT2D eigenvalue weighted by molar-refractivity contribution is 0.0979. The summed E-state index contributed by atoms with van der Waals surface area (Å²) >= 11 is 6.40. The van der Waals surface area contributed by atoms with E-state index >= 15 is 0 Å². The molecule has 25 heavy (non-hydrogen) atoms. The van der Waals surface area contributed by atoms with Crippen molar-refractivity contribution in [2.75, 3.05) is 6.54 Å². The van der Waals surface area contributed by atoms with Crippen molar-refractivity contribution < 1.29 is 14.3 Å². The second-order valence-electron chi connectivity index (χ2n) is 6.63. The molecule has 0 aliphatic carbocycles. The average Bonchev–Trinajstić information content (AvgIpc) is 2.82. The normalized spacial score (nSPS) is 11.2. The van der Waals surface area contributed by atoms with Gasteiger partial charge in [0.05, 0.1) is 5.56 Å². The van der Waals surface area contributed by atoms with E-state index in [2.05, 4.69) is 6.07 Å². The lowest BCUT2D eigenvalue weighted by Crippen LogP contribution is -2.46. The fourth-order valence-corrected chi connectivity index (χ4v) is 2.97. The molecule has 0 fully saturated rings. The Bertz CT molecular complexity index is 834. The van der Waals surface area contributed by atoms with E-state index in [0.717, 1.165) is 0 Å². The molecule has 0 radical (unpaired) electrons. The Kier molecular flexibility index (Phi) is 5.39. The molecular weight excluding hydrogens is 345 g/mol. The summed E-state index contributed by atoms with van der Waals surface area (Å²) in [4.78, 5) is 12.7. The number of benzene rings is 1. The van der Waals surface area contributed by atoms with E-state index in [9.17, 15) is 19.6 Å². The molecule has 0 aliphatic rings. The SMILES string of the molecule is CC(C)(C)N(CCn1cc(C#N)c(-c2cccc(F)c2)c1Cl)C(=O)O. The zero-order valence-corrected chi connectivity index (χ0v) is 15.0. The molecular formula is C18H19ClFN3O2. The van der Waals surface area contributed by atoms with Crippen LogP contribution in [0.2, 0.25) is 5.15 Å². The summed E-state index contributed by atoms with van der Waals surface area (Å²) < 4.78 is 15.1. The number of carbonyl (C=O) groups is 1. The van der Waals surface area contributed by atoms with Gasteiger partial charge >= 0.3 is 6.09 Å². The molecule has 2 aromatic rings. The van der Waals surface area contributed by atoms with Gasteiger partial charge in [-0.1, -0.05) is 23.7 Å². The number of halogens is 2. The summed E-state index contributed by atoms with van der Waals surface area (Å²) in [6, 6.07) is 7.90. The Balaban J connectivity index is 2.35. The van der Waals surface area contributed by atoms with Gasteiger partial charge in [-0.2, -0.15) is 5.26 Å². The predicted molar refractivity (Wildman–Crippen MR) is 94.0 cm³/mol. The van der Waals surface area contributed by atoms with Crippen LogP contribution in [0.15, 0.2) is 30.5 Å². The molecule has 1 heterocycles. The fraction of sp³-hybridized carbons (Fsp3) is 0.333. The molecule has 1 aromatic carbocycles. The number of rotatable bonds is 4. The van der Waals surface area contributed by atoms with E-state index in [1.54, 1.807) is 43.7 Å². The number of nitriles is 1. The molecule has 1 aromatic heterocycles. The monoisotopic (exact) mass is 363 g/mol. The summed E-state index contributed by atoms with van der Waals surface area (Å²) in [5, 5.41) is 19.0. The van der Waals surface area contributed by atoms with Gasteiger partial charge in [-0.15, -0.1) is 0 Å². The number of carboxylic acid groups (broad SMARTS) is 1. The van der Waals surface area contributed by atoms with Gasteiger partial charge in [-0.25, -0.2) is 9.18 Å². The molecule has 5 nitrogen and oxygen atoms in total. The highest BCUT2D eigenvalue weighted by Crippen LogP contribution is 2.33. The maximum Gasteiger partial charge on any atom is 0.407 e. The predicted octanol–water partition coefficient (Wildman–Crippen LogP) is 4.60. The van der Waals surface area contributed by atoms with Crippen LogP contribution in [0.25, 0.3) is 11.1 Å². The minimum absolute atomic E-state index is 0.209. The topological polar surface area (TPSA) is 69.3 Å². The quantitative estimate of drug-likeness (QED) is 0.863. The van der Waals surface area contributed by atoms with Crippen LogP contribution in [0.1, 0.15) is 26.3 Å². The van der Waals surface area contributed by atoms with Gasteiger partial charge in [0.15, 0.2) is 0 Å². The molecule has 0 spiro atoms. The van der Waals surface area contributed by atoms with Crippen molar-refractivity contribution in [3.63, 3.8) is 0 Å². The molecule has 0 bridgehead atoms. The second kappa shape index (κ2) is 7.16. The Morgan fingerprint density at radius 1 is 1.44 bits per heavy atom. The van der Waals surface area contributed by atoms with Crippen LogP contribution >= 0.6 is 11.6 Å². The second-order valence-corrected chi connectivity index (χ2v) is 6.99. The van der Waals surface area contributed by atoms with E-state index < -0.39 is 17.4 Å². The minimum Gasteiger partial charge on any atom is -0.465 e. The molecule has 1 N–H and O–H groups in total. The van der Waals surface area contributed by atoms with Gasteiger partial charge < -0.3 is 14.6 Å². The number of hydrogen-bond acceptors (Lipinski definition) is 2. The van der Waals surface area contributed by atoms with E-state index in [4.69, 9.17) is 11.6 Å². The van der Waals surface area contributed by atoms with Crippen LogP contribution in [0, 0.1) is 17.1 Å². The zero-order valence-electron chi connectivity index (χ0n) is 14.3. The molecule has 1 amide bonds. The molecule has 0 atom stereocenters. The maximum atomic E-state index is 13.5. The minimum atomic E-state index is -1.03. The number of hydrogen-bond donors (Lipinski definition) is 1. The van der Waals surface area contributed by atoms with Gasteiger partial charge in [0, 0.05) is 30.4 Å². The lowest BCUT2D eigenvalue weighted by Gasteiger charge is -2.33. The third-order valence-electron chi connectivity index (χ3n) is 3.85. The molecule has 0 saturated carbocycles. The first-order chi connectivity index (χ1) is 11.6. The van der Waals surface area contributed by atoms with E-state index in [1.165, 1.54) is 17.0 Å². The van der Waals surface area contributed by atoms with Crippen LogP contribution < -0.4 is 0 Å². The number of aromatic nitrogens is 1. The summed E-state index contributed by atoms with van der Waals surface area (Å²) in [5.74, 6) is -0.421. The Morgan fingerprint density at radius 2 is 2.12 bits per heavy atom. The van der Waals surface area contributed by atoms with Crippen LogP contribution in [-0.2, 0) is 6.54 Å². The molecule has 0 saturated heterocycles. The van der Waals surface area contributed by atoms with Crippen molar-refractivity contribution in [2.24, 2.45) is 0 Å². The van der Waals surface area contributed by atoms with Crippen molar-refractivity contribution in [2.45, 2.75) is 32.9 Å². The van der Waals surface area contributed by atoms with Crippen molar-refractivity contribution in [1.82, 2.24) is 9.47 Å². The smallest absolute Gasteiger partial charge is 0.407 e. The summed E-state index contributed by atoms with van der Waals surface area (Å²) in [6.45, 7) is 5.90. The number of nitrogens with zero attached hydrogens (tertiary/aromatic N) is 3. The van der Waals surface area contributed by atoms with Crippen molar-refractivity contribution in [3.8, 4) is 17.2 Å². The zero-order chi connectivity index (χ0) is 18.8. The van der Waals surface area contributed by atoms with Crippen molar-refractivity contribution in [1.29, 1.82) is 5.26 Å². The van der Waals surface area contributed by atoms with E-state index in [0.29, 0.717) is 16.7 Å². The Hall–Kier alpha value is -2.52. The molecule has 0 unspecified atom stereocenters. The Labute approximate surface area is 150 Å². The van der Waals surface area contributed by atoms with Crippen LogP contribution in [0.5, 0.6) is 0 Å². The van der Waals surface area contributed by atoms with Gasteiger partial charge in [-0.05, 0) is 38.5 Å². The van der Waals surface area contributed by atoms with Gasteiger partial charge in [0.2, 0.25) is 0 Å². The van der Waals surface area contributed by atoms with Gasteiger partial charge in [0.25, 0.3) is 0 Å². The molecule has 132 valence electrons. The summed E-state index contributed by atoms with van der Waals surface area (Å²) in [5.41, 5.74) is 0.704. The average molecular weight is 364 g/mol.